The lowest BCUT2D eigenvalue weighted by Crippen LogP contribution is -1.96. The molecule has 0 amide bonds. The summed E-state index contributed by atoms with van der Waals surface area (Å²) in [5, 5.41) is 3.70. The van der Waals surface area contributed by atoms with Crippen molar-refractivity contribution in [2.24, 2.45) is 0 Å². The van der Waals surface area contributed by atoms with Crippen LogP contribution in [-0.4, -0.2) is 9.13 Å². The molecule has 0 spiro atoms. The maximum atomic E-state index is 4.21. The minimum Gasteiger partial charge on any atom is -0.309 e. The fourth-order valence-corrected chi connectivity index (χ4v) is 7.11. The van der Waals surface area contributed by atoms with Gasteiger partial charge in [-0.25, -0.2) is 0 Å². The quantitative estimate of drug-likeness (QED) is 0.154. The summed E-state index contributed by atoms with van der Waals surface area (Å²) >= 11 is 2.31. The Morgan fingerprint density at radius 3 is 1.89 bits per heavy atom. The van der Waals surface area contributed by atoms with Crippen molar-refractivity contribution >= 4 is 67.5 Å². The third-order valence-electron chi connectivity index (χ3n) is 8.72. The summed E-state index contributed by atoms with van der Waals surface area (Å²) in [4.78, 5) is 0. The average Bonchev–Trinajstić information content (AvgIpc) is 3.61. The van der Waals surface area contributed by atoms with Gasteiger partial charge in [-0.2, -0.15) is 0 Å². The third kappa shape index (κ3) is 4.54. The van der Waals surface area contributed by atoms with E-state index in [9.17, 15) is 0 Å². The van der Waals surface area contributed by atoms with E-state index in [1.54, 1.807) is 0 Å². The summed E-state index contributed by atoms with van der Waals surface area (Å²) in [5.74, 6) is 0. The monoisotopic (exact) mass is 688 g/mol. The van der Waals surface area contributed by atoms with Crippen molar-refractivity contribution in [1.82, 2.24) is 9.13 Å². The second-order valence-electron chi connectivity index (χ2n) is 11.2. The molecule has 2 heterocycles. The summed E-state index contributed by atoms with van der Waals surface area (Å²) < 4.78 is 6.82. The van der Waals surface area contributed by atoms with Crippen LogP contribution in [0.5, 0.6) is 0 Å². The molecule has 0 radical (unpaired) electrons. The van der Waals surface area contributed by atoms with Gasteiger partial charge in [-0.1, -0.05) is 132 Å². The standard InChI is InChI=1S/C42H29IN2/c1-2-39-36(26-27-43)38-28-31(22-25-41(38)44(39)32-14-7-4-8-15-32)34-17-11-18-37-35-16-9-10-19-40(35)45(42(34)37)33-23-20-30(21-24-33)29-12-5-3-6-13-29/h2-28H,1H2/b27-26-. The second-order valence-corrected chi connectivity index (χ2v) is 11.9. The van der Waals surface area contributed by atoms with Gasteiger partial charge in [0.1, 0.15) is 0 Å². The number of hydrogen-bond donors (Lipinski definition) is 0. The molecule has 8 aromatic rings. The topological polar surface area (TPSA) is 9.86 Å². The summed E-state index contributed by atoms with van der Waals surface area (Å²) in [6.07, 6.45) is 4.16. The van der Waals surface area contributed by atoms with E-state index < -0.39 is 0 Å². The predicted octanol–water partition coefficient (Wildman–Crippen LogP) is 12.1. The lowest BCUT2D eigenvalue weighted by molar-refractivity contribution is 1.11. The Kier molecular flexibility index (Phi) is 6.96. The minimum absolute atomic E-state index is 1.09. The zero-order valence-electron chi connectivity index (χ0n) is 24.6. The van der Waals surface area contributed by atoms with Crippen LogP contribution in [-0.2, 0) is 0 Å². The summed E-state index contributed by atoms with van der Waals surface area (Å²) in [6.45, 7) is 4.21. The van der Waals surface area contributed by atoms with Crippen LogP contribution in [0, 0.1) is 0 Å². The van der Waals surface area contributed by atoms with Crippen LogP contribution in [0.25, 0.3) is 78.5 Å². The number of benzene rings is 6. The van der Waals surface area contributed by atoms with Gasteiger partial charge in [0.05, 0.1) is 22.2 Å². The van der Waals surface area contributed by atoms with Gasteiger partial charge < -0.3 is 9.13 Å². The van der Waals surface area contributed by atoms with E-state index in [1.807, 2.05) is 6.08 Å². The van der Waals surface area contributed by atoms with Gasteiger partial charge in [0.2, 0.25) is 0 Å². The second kappa shape index (κ2) is 11.4. The van der Waals surface area contributed by atoms with Gasteiger partial charge in [0.15, 0.2) is 0 Å². The molecule has 0 bridgehead atoms. The Bertz CT molecular complexity index is 2370. The Morgan fingerprint density at radius 1 is 0.511 bits per heavy atom. The third-order valence-corrected chi connectivity index (χ3v) is 9.08. The van der Waals surface area contributed by atoms with E-state index in [0.29, 0.717) is 0 Å². The molecule has 0 saturated heterocycles. The van der Waals surface area contributed by atoms with Crippen molar-refractivity contribution in [2.45, 2.75) is 0 Å². The number of hydrogen-bond acceptors (Lipinski definition) is 0. The summed E-state index contributed by atoms with van der Waals surface area (Å²) in [7, 11) is 0. The first-order chi connectivity index (χ1) is 22.3. The van der Waals surface area contributed by atoms with Gasteiger partial charge >= 0.3 is 0 Å². The molecule has 0 fully saturated rings. The Balaban J connectivity index is 1.38. The van der Waals surface area contributed by atoms with Crippen molar-refractivity contribution in [3.05, 3.63) is 168 Å². The molecule has 45 heavy (non-hydrogen) atoms. The van der Waals surface area contributed by atoms with Gasteiger partial charge in [-0.05, 0) is 75.4 Å². The largest absolute Gasteiger partial charge is 0.309 e. The summed E-state index contributed by atoms with van der Waals surface area (Å²) in [6, 6.07) is 52.3. The normalized spacial score (nSPS) is 11.7. The predicted molar refractivity (Wildman–Crippen MR) is 202 cm³/mol. The molecule has 6 aromatic carbocycles. The van der Waals surface area contributed by atoms with Crippen molar-refractivity contribution in [2.75, 3.05) is 0 Å². The highest BCUT2D eigenvalue weighted by Crippen LogP contribution is 2.41. The van der Waals surface area contributed by atoms with Crippen LogP contribution in [0.3, 0.4) is 0 Å². The van der Waals surface area contributed by atoms with E-state index >= 15 is 0 Å². The first kappa shape index (κ1) is 27.4. The molecule has 3 heteroatoms. The number of para-hydroxylation sites is 3. The number of rotatable bonds is 6. The van der Waals surface area contributed by atoms with E-state index in [-0.39, 0.29) is 0 Å². The first-order valence-corrected chi connectivity index (χ1v) is 16.3. The molecule has 8 rings (SSSR count). The molecule has 0 aliphatic carbocycles. The number of aromatic nitrogens is 2. The molecule has 214 valence electrons. The lowest BCUT2D eigenvalue weighted by Gasteiger charge is -2.13. The lowest BCUT2D eigenvalue weighted by atomic mass is 9.99. The molecule has 0 N–H and O–H groups in total. The molecule has 2 aromatic heterocycles. The Hall–Kier alpha value is -5.13. The van der Waals surface area contributed by atoms with Gasteiger partial charge in [-0.15, -0.1) is 0 Å². The van der Waals surface area contributed by atoms with Crippen LogP contribution < -0.4 is 0 Å². The van der Waals surface area contributed by atoms with Crippen molar-refractivity contribution in [1.29, 1.82) is 0 Å². The van der Waals surface area contributed by atoms with Crippen molar-refractivity contribution in [3.63, 3.8) is 0 Å². The van der Waals surface area contributed by atoms with E-state index in [4.69, 9.17) is 0 Å². The van der Waals surface area contributed by atoms with Crippen LogP contribution in [0.2, 0.25) is 0 Å². The number of nitrogens with zero attached hydrogens (tertiary/aromatic N) is 2. The van der Waals surface area contributed by atoms with Crippen LogP contribution in [0.1, 0.15) is 11.3 Å². The molecular formula is C42H29IN2. The highest BCUT2D eigenvalue weighted by Gasteiger charge is 2.19. The van der Waals surface area contributed by atoms with Crippen molar-refractivity contribution in [3.8, 4) is 33.6 Å². The van der Waals surface area contributed by atoms with E-state index in [0.717, 1.165) is 22.6 Å². The van der Waals surface area contributed by atoms with Crippen molar-refractivity contribution < 1.29 is 0 Å². The van der Waals surface area contributed by atoms with Gasteiger partial charge in [-0.3, -0.25) is 0 Å². The smallest absolute Gasteiger partial charge is 0.0619 e. The van der Waals surface area contributed by atoms with Crippen LogP contribution in [0.15, 0.2) is 156 Å². The van der Waals surface area contributed by atoms with Crippen LogP contribution in [0.4, 0.5) is 0 Å². The first-order valence-electron chi connectivity index (χ1n) is 15.1. The summed E-state index contributed by atoms with van der Waals surface area (Å²) in [5.41, 5.74) is 12.9. The Morgan fingerprint density at radius 2 is 1.13 bits per heavy atom. The van der Waals surface area contributed by atoms with Gasteiger partial charge in [0.25, 0.3) is 0 Å². The number of fused-ring (bicyclic) bond motifs is 4. The molecule has 0 aliphatic rings. The van der Waals surface area contributed by atoms with Gasteiger partial charge in [0, 0.05) is 38.7 Å². The molecule has 0 aliphatic heterocycles. The maximum Gasteiger partial charge on any atom is 0.0619 e. The van der Waals surface area contributed by atoms with E-state index in [1.165, 1.54) is 55.0 Å². The average molecular weight is 689 g/mol. The van der Waals surface area contributed by atoms with Crippen LogP contribution >= 0.6 is 22.6 Å². The highest BCUT2D eigenvalue weighted by atomic mass is 127. The molecule has 0 unspecified atom stereocenters. The maximum absolute atomic E-state index is 4.21. The Labute approximate surface area is 276 Å². The fourth-order valence-electron chi connectivity index (χ4n) is 6.75. The minimum atomic E-state index is 1.09. The molecular weight excluding hydrogens is 659 g/mol. The molecule has 0 saturated carbocycles. The fraction of sp³-hybridized carbons (Fsp3) is 0. The zero-order chi connectivity index (χ0) is 30.3. The number of halogens is 1. The SMILES string of the molecule is C=Cc1c(/C=C\I)c2cc(-c3cccc4c5ccccc5n(-c5ccc(-c6ccccc6)cc5)c34)ccc2n1-c1ccccc1. The van der Waals surface area contributed by atoms with E-state index in [2.05, 4.69) is 194 Å². The molecule has 0 atom stereocenters. The highest BCUT2D eigenvalue weighted by molar-refractivity contribution is 14.1. The molecule has 2 nitrogen and oxygen atoms in total. The zero-order valence-corrected chi connectivity index (χ0v) is 26.7.